The number of fused-ring (bicyclic) bond motifs is 1. The second-order valence-electron chi connectivity index (χ2n) is 8.38. The van der Waals surface area contributed by atoms with Gasteiger partial charge < -0.3 is 15.1 Å². The van der Waals surface area contributed by atoms with E-state index < -0.39 is 0 Å². The van der Waals surface area contributed by atoms with Gasteiger partial charge in [-0.05, 0) is 42.5 Å². The van der Waals surface area contributed by atoms with Crippen LogP contribution in [0.5, 0.6) is 0 Å². The number of rotatable bonds is 4. The highest BCUT2D eigenvalue weighted by molar-refractivity contribution is 5.94. The summed E-state index contributed by atoms with van der Waals surface area (Å²) in [6, 6.07) is 17.2. The molecule has 4 rings (SSSR count). The third-order valence-corrected chi connectivity index (χ3v) is 6.40. The molecule has 6 heteroatoms. The van der Waals surface area contributed by atoms with Gasteiger partial charge in [-0.3, -0.25) is 14.4 Å². The fraction of sp³-hybridized carbons (Fsp3) is 0.400. The van der Waals surface area contributed by atoms with Crippen LogP contribution in [0.15, 0.2) is 54.6 Å². The van der Waals surface area contributed by atoms with Gasteiger partial charge in [0.1, 0.15) is 0 Å². The van der Waals surface area contributed by atoms with Crippen molar-refractivity contribution in [1.82, 2.24) is 15.1 Å². The molecule has 2 aliphatic heterocycles. The van der Waals surface area contributed by atoms with Gasteiger partial charge in [0.05, 0.1) is 12.5 Å². The normalized spacial score (nSPS) is 18.9. The molecule has 2 aliphatic rings. The van der Waals surface area contributed by atoms with Gasteiger partial charge in [0.25, 0.3) is 5.91 Å². The molecule has 1 atom stereocenters. The van der Waals surface area contributed by atoms with Crippen LogP contribution in [0.3, 0.4) is 0 Å². The lowest BCUT2D eigenvalue weighted by atomic mass is 9.90. The van der Waals surface area contributed by atoms with Crippen molar-refractivity contribution in [3.8, 4) is 0 Å². The minimum absolute atomic E-state index is 0.00892. The minimum atomic E-state index is -0.203. The van der Waals surface area contributed by atoms with E-state index in [0.29, 0.717) is 31.6 Å². The predicted octanol–water partition coefficient (Wildman–Crippen LogP) is 2.94. The van der Waals surface area contributed by atoms with E-state index in [1.807, 2.05) is 46.2 Å². The van der Waals surface area contributed by atoms with E-state index in [-0.39, 0.29) is 29.8 Å². The van der Waals surface area contributed by atoms with Gasteiger partial charge in [-0.2, -0.15) is 0 Å². The Balaban J connectivity index is 1.35. The first-order valence-corrected chi connectivity index (χ1v) is 11.0. The van der Waals surface area contributed by atoms with Crippen LogP contribution in [0.1, 0.15) is 53.7 Å². The summed E-state index contributed by atoms with van der Waals surface area (Å²) in [5.74, 6) is 0.0108. The SMILES string of the molecule is CC(=O)N1CCc2ccccc2C1CC(=O)N1CCC(NC(=O)c2ccccc2)CC1. The van der Waals surface area contributed by atoms with Crippen molar-refractivity contribution >= 4 is 17.7 Å². The van der Waals surface area contributed by atoms with Crippen LogP contribution in [0, 0.1) is 0 Å². The standard InChI is InChI=1S/C25H29N3O3/c1-18(29)28-16-11-19-7-5-6-10-22(19)23(28)17-24(30)27-14-12-21(13-15-27)26-25(31)20-8-3-2-4-9-20/h2-10,21,23H,11-17H2,1H3,(H,26,31). The molecule has 0 bridgehead atoms. The molecule has 1 saturated heterocycles. The summed E-state index contributed by atoms with van der Waals surface area (Å²) in [5, 5.41) is 3.08. The van der Waals surface area contributed by atoms with Crippen molar-refractivity contribution in [3.63, 3.8) is 0 Å². The number of benzene rings is 2. The Morgan fingerprint density at radius 2 is 1.61 bits per heavy atom. The topological polar surface area (TPSA) is 69.7 Å². The minimum Gasteiger partial charge on any atom is -0.349 e. The van der Waals surface area contributed by atoms with E-state index in [4.69, 9.17) is 0 Å². The van der Waals surface area contributed by atoms with Crippen LogP contribution < -0.4 is 5.32 Å². The summed E-state index contributed by atoms with van der Waals surface area (Å²) in [5.41, 5.74) is 2.96. The van der Waals surface area contributed by atoms with Crippen LogP contribution in [0.4, 0.5) is 0 Å². The van der Waals surface area contributed by atoms with Crippen molar-refractivity contribution in [1.29, 1.82) is 0 Å². The van der Waals surface area contributed by atoms with Gasteiger partial charge in [-0.25, -0.2) is 0 Å². The van der Waals surface area contributed by atoms with Gasteiger partial charge >= 0.3 is 0 Å². The molecule has 0 saturated carbocycles. The van der Waals surface area contributed by atoms with Crippen molar-refractivity contribution in [2.24, 2.45) is 0 Å². The molecule has 2 heterocycles. The Kier molecular flexibility index (Phi) is 6.35. The third kappa shape index (κ3) is 4.79. The highest BCUT2D eigenvalue weighted by atomic mass is 16.2. The van der Waals surface area contributed by atoms with Crippen LogP contribution in [-0.2, 0) is 16.0 Å². The van der Waals surface area contributed by atoms with Crippen LogP contribution in [0.25, 0.3) is 0 Å². The Hall–Kier alpha value is -3.15. The lowest BCUT2D eigenvalue weighted by Gasteiger charge is -2.38. The lowest BCUT2D eigenvalue weighted by molar-refractivity contribution is -0.137. The van der Waals surface area contributed by atoms with Gasteiger partial charge in [0.15, 0.2) is 0 Å². The maximum absolute atomic E-state index is 13.1. The molecule has 1 unspecified atom stereocenters. The highest BCUT2D eigenvalue weighted by Gasteiger charge is 2.33. The Morgan fingerprint density at radius 3 is 2.32 bits per heavy atom. The average Bonchev–Trinajstić information content (AvgIpc) is 2.80. The zero-order valence-corrected chi connectivity index (χ0v) is 17.9. The van der Waals surface area contributed by atoms with E-state index in [9.17, 15) is 14.4 Å². The van der Waals surface area contributed by atoms with E-state index >= 15 is 0 Å². The average molecular weight is 420 g/mol. The number of carbonyl (C=O) groups is 3. The Morgan fingerprint density at radius 1 is 0.935 bits per heavy atom. The van der Waals surface area contributed by atoms with Gasteiger partial charge in [-0.1, -0.05) is 42.5 Å². The summed E-state index contributed by atoms with van der Waals surface area (Å²) in [7, 11) is 0. The molecular formula is C25H29N3O3. The monoisotopic (exact) mass is 419 g/mol. The largest absolute Gasteiger partial charge is 0.349 e. The number of likely N-dealkylation sites (tertiary alicyclic amines) is 1. The fourth-order valence-corrected chi connectivity index (χ4v) is 4.67. The Bertz CT molecular complexity index is 951. The number of hydrogen-bond donors (Lipinski definition) is 1. The first-order valence-electron chi connectivity index (χ1n) is 11.0. The van der Waals surface area contributed by atoms with Crippen molar-refractivity contribution in [2.45, 2.75) is 44.7 Å². The van der Waals surface area contributed by atoms with E-state index in [2.05, 4.69) is 11.4 Å². The van der Waals surface area contributed by atoms with Gasteiger partial charge in [0, 0.05) is 38.2 Å². The van der Waals surface area contributed by atoms with Crippen LogP contribution >= 0.6 is 0 Å². The highest BCUT2D eigenvalue weighted by Crippen LogP contribution is 2.33. The van der Waals surface area contributed by atoms with Crippen molar-refractivity contribution < 1.29 is 14.4 Å². The summed E-state index contributed by atoms with van der Waals surface area (Å²) < 4.78 is 0. The van der Waals surface area contributed by atoms with Crippen molar-refractivity contribution in [2.75, 3.05) is 19.6 Å². The molecule has 0 spiro atoms. The number of nitrogens with zero attached hydrogens (tertiary/aromatic N) is 2. The number of nitrogens with one attached hydrogen (secondary N) is 1. The van der Waals surface area contributed by atoms with Crippen molar-refractivity contribution in [3.05, 3.63) is 71.3 Å². The predicted molar refractivity (Wildman–Crippen MR) is 118 cm³/mol. The lowest BCUT2D eigenvalue weighted by Crippen LogP contribution is -2.48. The molecule has 2 aromatic rings. The summed E-state index contributed by atoms with van der Waals surface area (Å²) >= 11 is 0. The molecule has 2 aromatic carbocycles. The van der Waals surface area contributed by atoms with E-state index in [1.165, 1.54) is 5.56 Å². The van der Waals surface area contributed by atoms with Gasteiger partial charge in [0.2, 0.25) is 11.8 Å². The maximum Gasteiger partial charge on any atom is 0.251 e. The molecule has 0 aromatic heterocycles. The molecule has 3 amide bonds. The summed E-state index contributed by atoms with van der Waals surface area (Å²) in [6.45, 7) is 3.46. The fourth-order valence-electron chi connectivity index (χ4n) is 4.67. The number of piperidine rings is 1. The van der Waals surface area contributed by atoms with Crippen LogP contribution in [-0.4, -0.2) is 53.2 Å². The molecule has 162 valence electrons. The number of hydrogen-bond acceptors (Lipinski definition) is 3. The molecule has 0 radical (unpaired) electrons. The zero-order valence-electron chi connectivity index (χ0n) is 17.9. The number of amides is 3. The zero-order chi connectivity index (χ0) is 21.8. The quantitative estimate of drug-likeness (QED) is 0.828. The molecule has 0 aliphatic carbocycles. The van der Waals surface area contributed by atoms with E-state index in [1.54, 1.807) is 19.1 Å². The van der Waals surface area contributed by atoms with Gasteiger partial charge in [-0.15, -0.1) is 0 Å². The summed E-state index contributed by atoms with van der Waals surface area (Å²) in [4.78, 5) is 41.4. The summed E-state index contributed by atoms with van der Waals surface area (Å²) in [6.07, 6.45) is 2.61. The molecule has 1 N–H and O–H groups in total. The van der Waals surface area contributed by atoms with Crippen LogP contribution in [0.2, 0.25) is 0 Å². The molecule has 1 fully saturated rings. The molecule has 31 heavy (non-hydrogen) atoms. The smallest absolute Gasteiger partial charge is 0.251 e. The first-order chi connectivity index (χ1) is 15.0. The molecule has 6 nitrogen and oxygen atoms in total. The van der Waals surface area contributed by atoms with E-state index in [0.717, 1.165) is 24.8 Å². The second kappa shape index (κ2) is 9.33. The third-order valence-electron chi connectivity index (χ3n) is 6.40. The second-order valence-corrected chi connectivity index (χ2v) is 8.38. The maximum atomic E-state index is 13.1. The Labute approximate surface area is 183 Å². The first kappa shape index (κ1) is 21.1. The number of carbonyl (C=O) groups excluding carboxylic acids is 3. The molecular weight excluding hydrogens is 390 g/mol.